The molecule has 2 rings (SSSR count). The van der Waals surface area contributed by atoms with Gasteiger partial charge in [0.15, 0.2) is 0 Å². The van der Waals surface area contributed by atoms with Gasteiger partial charge in [-0.15, -0.1) is 0 Å². The summed E-state index contributed by atoms with van der Waals surface area (Å²) in [5.41, 5.74) is 1.19. The molecule has 1 aromatic heterocycles. The third-order valence-corrected chi connectivity index (χ3v) is 4.87. The Kier molecular flexibility index (Phi) is 7.68. The van der Waals surface area contributed by atoms with Crippen LogP contribution in [0.15, 0.2) is 41.6 Å². The number of unbranched alkanes of at least 4 members (excludes halogenated alkanes) is 2. The van der Waals surface area contributed by atoms with Crippen molar-refractivity contribution in [1.29, 1.82) is 0 Å². The van der Waals surface area contributed by atoms with Gasteiger partial charge in [-0.2, -0.15) is 0 Å². The summed E-state index contributed by atoms with van der Waals surface area (Å²) >= 11 is 0. The summed E-state index contributed by atoms with van der Waals surface area (Å²) in [6.45, 7) is 3.35. The van der Waals surface area contributed by atoms with Crippen molar-refractivity contribution in [2.24, 2.45) is 5.14 Å². The molecule has 146 valence electrons. The van der Waals surface area contributed by atoms with Crippen LogP contribution in [0.1, 0.15) is 42.2 Å². The number of carbonyl (C=O) groups excluding carboxylic acids is 1. The molecule has 0 aliphatic carbocycles. The van der Waals surface area contributed by atoms with E-state index in [9.17, 15) is 13.2 Å². The van der Waals surface area contributed by atoms with Crippen LogP contribution in [-0.2, 0) is 16.4 Å². The van der Waals surface area contributed by atoms with E-state index >= 15 is 0 Å². The van der Waals surface area contributed by atoms with Crippen molar-refractivity contribution in [3.8, 4) is 0 Å². The Morgan fingerprint density at radius 2 is 1.85 bits per heavy atom. The molecule has 0 saturated carbocycles. The van der Waals surface area contributed by atoms with Crippen LogP contribution in [-0.4, -0.2) is 37.4 Å². The summed E-state index contributed by atoms with van der Waals surface area (Å²) in [5.74, 6) is 0.347. The van der Waals surface area contributed by atoms with Gasteiger partial charge in [-0.1, -0.05) is 31.9 Å². The second kappa shape index (κ2) is 9.98. The minimum atomic E-state index is -3.69. The van der Waals surface area contributed by atoms with Crippen molar-refractivity contribution < 1.29 is 13.2 Å². The lowest BCUT2D eigenvalue weighted by molar-refractivity contribution is 0.0949. The number of sulfonamides is 1. The molecular formula is C18H25N5O3S. The Bertz CT molecular complexity index is 854. The van der Waals surface area contributed by atoms with Crippen molar-refractivity contribution in [3.63, 3.8) is 0 Å². The van der Waals surface area contributed by atoms with Gasteiger partial charge in [-0.05, 0) is 30.5 Å². The molecule has 27 heavy (non-hydrogen) atoms. The monoisotopic (exact) mass is 391 g/mol. The average Bonchev–Trinajstić information content (AvgIpc) is 2.65. The van der Waals surface area contributed by atoms with E-state index in [1.807, 2.05) is 0 Å². The standard InChI is InChI=1S/C18H25N5O3S/c1-2-3-4-10-20-17-12-16(22-13-23-17)18(24)21-11-9-14-5-7-15(8-6-14)27(19,25)26/h5-8,12-13H,2-4,9-11H2,1H3,(H,21,24)(H2,19,25,26)(H,20,22,23). The molecule has 0 fully saturated rings. The highest BCUT2D eigenvalue weighted by Crippen LogP contribution is 2.09. The first-order valence-electron chi connectivity index (χ1n) is 8.86. The van der Waals surface area contributed by atoms with E-state index in [0.717, 1.165) is 31.4 Å². The lowest BCUT2D eigenvalue weighted by atomic mass is 10.1. The Morgan fingerprint density at radius 1 is 1.11 bits per heavy atom. The first-order valence-corrected chi connectivity index (χ1v) is 10.4. The normalized spacial score (nSPS) is 11.2. The summed E-state index contributed by atoms with van der Waals surface area (Å²) in [4.78, 5) is 20.4. The molecular weight excluding hydrogens is 366 g/mol. The van der Waals surface area contributed by atoms with E-state index in [4.69, 9.17) is 5.14 Å². The van der Waals surface area contributed by atoms with Crippen LogP contribution >= 0.6 is 0 Å². The van der Waals surface area contributed by atoms with Crippen molar-refractivity contribution in [3.05, 3.63) is 47.9 Å². The minimum Gasteiger partial charge on any atom is -0.370 e. The fourth-order valence-corrected chi connectivity index (χ4v) is 2.94. The van der Waals surface area contributed by atoms with Crippen LogP contribution in [0.2, 0.25) is 0 Å². The predicted molar refractivity (Wildman–Crippen MR) is 104 cm³/mol. The number of hydrogen-bond donors (Lipinski definition) is 3. The number of hydrogen-bond acceptors (Lipinski definition) is 6. The number of aromatic nitrogens is 2. The van der Waals surface area contributed by atoms with Gasteiger partial charge >= 0.3 is 0 Å². The molecule has 1 aromatic carbocycles. The maximum atomic E-state index is 12.2. The first-order chi connectivity index (χ1) is 12.9. The van der Waals surface area contributed by atoms with Gasteiger partial charge in [0.05, 0.1) is 4.90 Å². The van der Waals surface area contributed by atoms with Gasteiger partial charge in [0.25, 0.3) is 5.91 Å². The Labute approximate surface area is 159 Å². The SMILES string of the molecule is CCCCCNc1cc(C(=O)NCCc2ccc(S(N)(=O)=O)cc2)ncn1. The quantitative estimate of drug-likeness (QED) is 0.529. The number of benzene rings is 1. The molecule has 0 spiro atoms. The molecule has 0 bridgehead atoms. The van der Waals surface area contributed by atoms with Crippen LogP contribution in [0.25, 0.3) is 0 Å². The fraction of sp³-hybridized carbons (Fsp3) is 0.389. The summed E-state index contributed by atoms with van der Waals surface area (Å²) in [6, 6.07) is 7.88. The third-order valence-electron chi connectivity index (χ3n) is 3.94. The number of nitrogens with one attached hydrogen (secondary N) is 2. The number of carbonyl (C=O) groups is 1. The Balaban J connectivity index is 1.83. The van der Waals surface area contributed by atoms with Crippen LogP contribution in [0.4, 0.5) is 5.82 Å². The zero-order chi connectivity index (χ0) is 19.7. The largest absolute Gasteiger partial charge is 0.370 e. The fourth-order valence-electron chi connectivity index (χ4n) is 2.43. The predicted octanol–water partition coefficient (Wildman–Crippen LogP) is 1.70. The molecule has 1 amide bonds. The number of amides is 1. The molecule has 0 radical (unpaired) electrons. The van der Waals surface area contributed by atoms with Gasteiger partial charge in [0.2, 0.25) is 10.0 Å². The lowest BCUT2D eigenvalue weighted by Gasteiger charge is -2.08. The van der Waals surface area contributed by atoms with Gasteiger partial charge in [0, 0.05) is 19.2 Å². The average molecular weight is 391 g/mol. The van der Waals surface area contributed by atoms with E-state index in [1.54, 1.807) is 18.2 Å². The third kappa shape index (κ3) is 6.95. The molecule has 0 aliphatic rings. The van der Waals surface area contributed by atoms with Gasteiger partial charge in [0.1, 0.15) is 17.8 Å². The van der Waals surface area contributed by atoms with Crippen LogP contribution in [0.5, 0.6) is 0 Å². The van der Waals surface area contributed by atoms with Gasteiger partial charge in [-0.3, -0.25) is 4.79 Å². The summed E-state index contributed by atoms with van der Waals surface area (Å²) in [5, 5.41) is 11.0. The smallest absolute Gasteiger partial charge is 0.270 e. The second-order valence-corrected chi connectivity index (χ2v) is 7.68. The van der Waals surface area contributed by atoms with Crippen molar-refractivity contribution in [1.82, 2.24) is 15.3 Å². The summed E-state index contributed by atoms with van der Waals surface area (Å²) in [7, 11) is -3.69. The molecule has 0 saturated heterocycles. The van der Waals surface area contributed by atoms with E-state index in [1.165, 1.54) is 18.5 Å². The second-order valence-electron chi connectivity index (χ2n) is 6.12. The first kappa shape index (κ1) is 20.8. The van der Waals surface area contributed by atoms with Gasteiger partial charge < -0.3 is 10.6 Å². The maximum Gasteiger partial charge on any atom is 0.270 e. The lowest BCUT2D eigenvalue weighted by Crippen LogP contribution is -2.26. The highest BCUT2D eigenvalue weighted by molar-refractivity contribution is 7.89. The molecule has 9 heteroatoms. The zero-order valence-electron chi connectivity index (χ0n) is 15.3. The number of nitrogens with zero attached hydrogens (tertiary/aromatic N) is 2. The van der Waals surface area contributed by atoms with E-state index < -0.39 is 10.0 Å². The molecule has 0 unspecified atom stereocenters. The molecule has 4 N–H and O–H groups in total. The summed E-state index contributed by atoms with van der Waals surface area (Å²) in [6.07, 6.45) is 5.26. The molecule has 1 heterocycles. The topological polar surface area (TPSA) is 127 Å². The van der Waals surface area contributed by atoms with Crippen LogP contribution in [0.3, 0.4) is 0 Å². The zero-order valence-corrected chi connectivity index (χ0v) is 16.1. The molecule has 2 aromatic rings. The number of primary sulfonamides is 1. The van der Waals surface area contributed by atoms with Crippen LogP contribution < -0.4 is 15.8 Å². The van der Waals surface area contributed by atoms with Crippen molar-refractivity contribution in [2.45, 2.75) is 37.5 Å². The molecule has 0 aliphatic heterocycles. The maximum absolute atomic E-state index is 12.2. The van der Waals surface area contributed by atoms with E-state index in [-0.39, 0.29) is 10.8 Å². The number of anilines is 1. The van der Waals surface area contributed by atoms with Crippen LogP contribution in [0, 0.1) is 0 Å². The number of rotatable bonds is 10. The van der Waals surface area contributed by atoms with E-state index in [0.29, 0.717) is 24.5 Å². The van der Waals surface area contributed by atoms with Crippen molar-refractivity contribution >= 4 is 21.7 Å². The van der Waals surface area contributed by atoms with Crippen molar-refractivity contribution in [2.75, 3.05) is 18.4 Å². The molecule has 0 atom stereocenters. The Hall–Kier alpha value is -2.52. The molecule has 8 nitrogen and oxygen atoms in total. The highest BCUT2D eigenvalue weighted by Gasteiger charge is 2.09. The number of nitrogens with two attached hydrogens (primary N) is 1. The summed E-state index contributed by atoms with van der Waals surface area (Å²) < 4.78 is 22.5. The Morgan fingerprint density at radius 3 is 2.52 bits per heavy atom. The highest BCUT2D eigenvalue weighted by atomic mass is 32.2. The minimum absolute atomic E-state index is 0.0650. The van der Waals surface area contributed by atoms with Gasteiger partial charge in [-0.25, -0.2) is 23.5 Å². The van der Waals surface area contributed by atoms with E-state index in [2.05, 4.69) is 27.5 Å².